The molecule has 1 aromatic rings. The molecular weight excluding hydrogens is 416 g/mol. The zero-order valence-electron chi connectivity index (χ0n) is 21.5. The van der Waals surface area contributed by atoms with Gasteiger partial charge in [-0.2, -0.15) is 0 Å². The van der Waals surface area contributed by atoms with Gasteiger partial charge in [-0.3, -0.25) is 0 Å². The molecule has 0 heterocycles. The van der Waals surface area contributed by atoms with Gasteiger partial charge in [0, 0.05) is 11.6 Å². The highest BCUT2D eigenvalue weighted by atomic mass is 16.5. The Balaban J connectivity index is 3.08. The monoisotopic (exact) mass is 462 g/mol. The zero-order valence-corrected chi connectivity index (χ0v) is 21.5. The third-order valence-corrected chi connectivity index (χ3v) is 5.45. The normalized spacial score (nSPS) is 11.0. The summed E-state index contributed by atoms with van der Waals surface area (Å²) in [7, 11) is 1.37. The Morgan fingerprint density at radius 1 is 0.697 bits per heavy atom. The molecule has 1 aromatic carbocycles. The molecule has 0 aromatic heterocycles. The standard InChI is InChI=1S/C28H46O5/c1-5-8-11-14-21-31-25-19-17-24(18-20-26(29)30-4)27(32-22-15-12-9-6-2)28(25)33-23-16-13-10-7-3/h17-20H,5-16,21-23H2,1-4H3. The van der Waals surface area contributed by atoms with Gasteiger partial charge >= 0.3 is 5.97 Å². The third kappa shape index (κ3) is 12.6. The second kappa shape index (κ2) is 19.3. The van der Waals surface area contributed by atoms with Crippen LogP contribution in [-0.2, 0) is 9.53 Å². The summed E-state index contributed by atoms with van der Waals surface area (Å²) in [6, 6.07) is 3.84. The average molecular weight is 463 g/mol. The van der Waals surface area contributed by atoms with E-state index in [0.717, 1.165) is 44.1 Å². The van der Waals surface area contributed by atoms with E-state index in [2.05, 4.69) is 20.8 Å². The van der Waals surface area contributed by atoms with Gasteiger partial charge in [-0.15, -0.1) is 0 Å². The van der Waals surface area contributed by atoms with E-state index >= 15 is 0 Å². The van der Waals surface area contributed by atoms with Crippen LogP contribution in [0.25, 0.3) is 6.08 Å². The Morgan fingerprint density at radius 2 is 1.21 bits per heavy atom. The minimum absolute atomic E-state index is 0.401. The lowest BCUT2D eigenvalue weighted by Gasteiger charge is -2.19. The fraction of sp³-hybridized carbons (Fsp3) is 0.679. The summed E-state index contributed by atoms with van der Waals surface area (Å²) in [5.41, 5.74) is 0.790. The highest BCUT2D eigenvalue weighted by Crippen LogP contribution is 2.41. The number of benzene rings is 1. The van der Waals surface area contributed by atoms with E-state index in [-0.39, 0.29) is 0 Å². The molecule has 0 saturated heterocycles. The number of esters is 1. The number of carbonyl (C=O) groups is 1. The van der Waals surface area contributed by atoms with E-state index in [1.54, 1.807) is 6.08 Å². The van der Waals surface area contributed by atoms with E-state index in [9.17, 15) is 4.79 Å². The molecule has 33 heavy (non-hydrogen) atoms. The molecule has 0 N–H and O–H groups in total. The van der Waals surface area contributed by atoms with E-state index in [0.29, 0.717) is 37.1 Å². The van der Waals surface area contributed by atoms with Gasteiger partial charge in [0.15, 0.2) is 11.5 Å². The zero-order chi connectivity index (χ0) is 24.2. The third-order valence-electron chi connectivity index (χ3n) is 5.45. The molecule has 1 rings (SSSR count). The van der Waals surface area contributed by atoms with Crippen LogP contribution in [-0.4, -0.2) is 32.9 Å². The number of methoxy groups -OCH3 is 1. The van der Waals surface area contributed by atoms with E-state index in [1.807, 2.05) is 12.1 Å². The SMILES string of the molecule is CCCCCCOc1ccc(C=CC(=O)OC)c(OCCCCCC)c1OCCCCCC. The van der Waals surface area contributed by atoms with E-state index in [1.165, 1.54) is 51.7 Å². The number of hydrogen-bond acceptors (Lipinski definition) is 5. The summed E-state index contributed by atoms with van der Waals surface area (Å²) in [4.78, 5) is 11.7. The highest BCUT2D eigenvalue weighted by molar-refractivity contribution is 5.88. The maximum atomic E-state index is 11.7. The first-order chi connectivity index (χ1) is 16.2. The average Bonchev–Trinajstić information content (AvgIpc) is 2.83. The van der Waals surface area contributed by atoms with Gasteiger partial charge < -0.3 is 18.9 Å². The fourth-order valence-electron chi connectivity index (χ4n) is 3.43. The number of rotatable bonds is 20. The van der Waals surface area contributed by atoms with Crippen molar-refractivity contribution in [3.8, 4) is 17.2 Å². The first-order valence-electron chi connectivity index (χ1n) is 13.0. The summed E-state index contributed by atoms with van der Waals surface area (Å²) in [6.45, 7) is 8.47. The Kier molecular flexibility index (Phi) is 16.9. The van der Waals surface area contributed by atoms with Crippen LogP contribution in [0.5, 0.6) is 17.2 Å². The van der Waals surface area contributed by atoms with Gasteiger partial charge in [-0.25, -0.2) is 4.79 Å². The summed E-state index contributed by atoms with van der Waals surface area (Å²) >= 11 is 0. The molecule has 0 radical (unpaired) electrons. The van der Waals surface area contributed by atoms with Crippen LogP contribution in [0.4, 0.5) is 0 Å². The number of ether oxygens (including phenoxy) is 4. The second-order valence-electron chi connectivity index (χ2n) is 8.40. The van der Waals surface area contributed by atoms with Crippen molar-refractivity contribution in [2.24, 2.45) is 0 Å². The lowest BCUT2D eigenvalue weighted by atomic mass is 10.1. The maximum absolute atomic E-state index is 11.7. The Labute approximate surface area is 201 Å². The van der Waals surface area contributed by atoms with Crippen molar-refractivity contribution >= 4 is 12.0 Å². The van der Waals surface area contributed by atoms with Crippen molar-refractivity contribution in [2.75, 3.05) is 26.9 Å². The van der Waals surface area contributed by atoms with Crippen LogP contribution in [0, 0.1) is 0 Å². The smallest absolute Gasteiger partial charge is 0.330 e. The van der Waals surface area contributed by atoms with Crippen LogP contribution in [0.15, 0.2) is 18.2 Å². The molecule has 0 atom stereocenters. The van der Waals surface area contributed by atoms with Crippen LogP contribution in [0.2, 0.25) is 0 Å². The summed E-state index contributed by atoms with van der Waals surface area (Å²) < 4.78 is 23.4. The first-order valence-corrected chi connectivity index (χ1v) is 13.0. The minimum Gasteiger partial charge on any atom is -0.490 e. The molecule has 0 unspecified atom stereocenters. The number of unbranched alkanes of at least 4 members (excludes halogenated alkanes) is 9. The minimum atomic E-state index is -0.401. The van der Waals surface area contributed by atoms with E-state index in [4.69, 9.17) is 18.9 Å². The number of carbonyl (C=O) groups excluding carboxylic acids is 1. The van der Waals surface area contributed by atoms with Crippen molar-refractivity contribution in [3.63, 3.8) is 0 Å². The molecule has 188 valence electrons. The summed E-state index contributed by atoms with van der Waals surface area (Å²) in [5, 5.41) is 0. The van der Waals surface area contributed by atoms with Gasteiger partial charge in [0.2, 0.25) is 5.75 Å². The van der Waals surface area contributed by atoms with Gasteiger partial charge in [0.05, 0.1) is 26.9 Å². The van der Waals surface area contributed by atoms with Crippen molar-refractivity contribution in [1.82, 2.24) is 0 Å². The van der Waals surface area contributed by atoms with Gasteiger partial charge in [0.1, 0.15) is 0 Å². The maximum Gasteiger partial charge on any atom is 0.330 e. The molecule has 0 spiro atoms. The van der Waals surface area contributed by atoms with Crippen LogP contribution in [0.1, 0.15) is 103 Å². The Hall–Kier alpha value is -2.17. The first kappa shape index (κ1) is 28.9. The van der Waals surface area contributed by atoms with Crippen molar-refractivity contribution in [1.29, 1.82) is 0 Å². The molecule has 5 heteroatoms. The van der Waals surface area contributed by atoms with Gasteiger partial charge in [-0.1, -0.05) is 78.6 Å². The predicted molar refractivity (Wildman–Crippen MR) is 136 cm³/mol. The van der Waals surface area contributed by atoms with E-state index < -0.39 is 5.97 Å². The molecule has 0 fully saturated rings. The molecule has 0 amide bonds. The lowest BCUT2D eigenvalue weighted by molar-refractivity contribution is -0.134. The molecular formula is C28H46O5. The number of hydrogen-bond donors (Lipinski definition) is 0. The van der Waals surface area contributed by atoms with Crippen molar-refractivity contribution in [3.05, 3.63) is 23.8 Å². The quantitative estimate of drug-likeness (QED) is 0.113. The summed E-state index contributed by atoms with van der Waals surface area (Å²) in [6.07, 6.45) is 16.7. The Bertz CT molecular complexity index is 668. The fourth-order valence-corrected chi connectivity index (χ4v) is 3.43. The predicted octanol–water partition coefficient (Wildman–Crippen LogP) is 7.75. The van der Waals surface area contributed by atoms with Gasteiger partial charge in [0.25, 0.3) is 0 Å². The van der Waals surface area contributed by atoms with Crippen molar-refractivity contribution in [2.45, 2.75) is 97.8 Å². The van der Waals surface area contributed by atoms with Crippen LogP contribution in [0.3, 0.4) is 0 Å². The molecule has 0 aliphatic rings. The molecule has 5 nitrogen and oxygen atoms in total. The molecule has 0 saturated carbocycles. The molecule has 0 aliphatic heterocycles. The highest BCUT2D eigenvalue weighted by Gasteiger charge is 2.17. The van der Waals surface area contributed by atoms with Gasteiger partial charge in [-0.05, 0) is 37.5 Å². The largest absolute Gasteiger partial charge is 0.490 e. The summed E-state index contributed by atoms with van der Waals surface area (Å²) in [5.74, 6) is 1.60. The molecule has 0 bridgehead atoms. The second-order valence-corrected chi connectivity index (χ2v) is 8.40. The van der Waals surface area contributed by atoms with Crippen LogP contribution < -0.4 is 14.2 Å². The van der Waals surface area contributed by atoms with Crippen molar-refractivity contribution < 1.29 is 23.7 Å². The molecule has 0 aliphatic carbocycles. The van der Waals surface area contributed by atoms with Crippen LogP contribution >= 0.6 is 0 Å². The topological polar surface area (TPSA) is 54.0 Å². The lowest BCUT2D eigenvalue weighted by Crippen LogP contribution is -2.07. The Morgan fingerprint density at radius 3 is 1.73 bits per heavy atom.